The van der Waals surface area contributed by atoms with Gasteiger partial charge in [-0.25, -0.2) is 0 Å². The largest absolute Gasteiger partial charge is 0.493 e. The number of para-hydroxylation sites is 1. The van der Waals surface area contributed by atoms with Gasteiger partial charge in [-0.2, -0.15) is 0 Å². The third kappa shape index (κ3) is 1.80. The van der Waals surface area contributed by atoms with E-state index in [2.05, 4.69) is 6.07 Å². The lowest BCUT2D eigenvalue weighted by atomic mass is 9.82. The molecule has 1 aliphatic heterocycles. The smallest absolute Gasteiger partial charge is 0.169 e. The molecule has 1 aromatic carbocycles. The van der Waals surface area contributed by atoms with Crippen LogP contribution >= 0.6 is 0 Å². The van der Waals surface area contributed by atoms with Crippen LogP contribution in [0.4, 0.5) is 0 Å². The van der Waals surface area contributed by atoms with Crippen LogP contribution in [0.3, 0.4) is 0 Å². The van der Waals surface area contributed by atoms with Gasteiger partial charge in [-0.15, -0.1) is 0 Å². The number of benzene rings is 1. The molecule has 1 aromatic rings. The Kier molecular flexibility index (Phi) is 2.64. The number of ether oxygens (including phenoxy) is 1. The summed E-state index contributed by atoms with van der Waals surface area (Å²) in [6, 6.07) is 6.10. The molecule has 0 amide bonds. The highest BCUT2D eigenvalue weighted by Gasteiger charge is 2.43. The average Bonchev–Trinajstić information content (AvgIpc) is 3.08. The Morgan fingerprint density at radius 3 is 2.95 bits per heavy atom. The molecular formula is C17H20O2. The highest BCUT2D eigenvalue weighted by molar-refractivity contribution is 6.01. The second kappa shape index (κ2) is 4.36. The lowest BCUT2D eigenvalue weighted by Crippen LogP contribution is -2.23. The molecule has 3 atom stereocenters. The predicted molar refractivity (Wildman–Crippen MR) is 73.5 cm³/mol. The Bertz CT molecular complexity index is 520. The number of ketones is 1. The molecule has 4 rings (SSSR count). The van der Waals surface area contributed by atoms with Crippen LogP contribution in [-0.2, 0) is 6.42 Å². The molecular weight excluding hydrogens is 236 g/mol. The number of fused-ring (bicyclic) bond motifs is 3. The summed E-state index contributed by atoms with van der Waals surface area (Å²) in [5.74, 6) is 2.99. The molecule has 2 fully saturated rings. The van der Waals surface area contributed by atoms with Gasteiger partial charge < -0.3 is 4.74 Å². The van der Waals surface area contributed by atoms with Gasteiger partial charge in [-0.05, 0) is 55.6 Å². The Labute approximate surface area is 114 Å². The van der Waals surface area contributed by atoms with Crippen molar-refractivity contribution in [2.24, 2.45) is 17.8 Å². The monoisotopic (exact) mass is 256 g/mol. The lowest BCUT2D eigenvalue weighted by molar-refractivity contribution is 0.0869. The molecule has 0 saturated heterocycles. The molecule has 0 radical (unpaired) electrons. The molecule has 0 spiro atoms. The maximum atomic E-state index is 12.8. The molecule has 100 valence electrons. The van der Waals surface area contributed by atoms with Crippen molar-refractivity contribution < 1.29 is 9.53 Å². The standard InChI is InChI=1S/C17H20O2/c18-16(15-10-11-6-7-13(15)9-11)14-5-1-3-12-4-2-8-19-17(12)14/h1,3,5,11,13,15H,2,4,6-10H2. The van der Waals surface area contributed by atoms with E-state index in [-0.39, 0.29) is 5.92 Å². The van der Waals surface area contributed by atoms with Gasteiger partial charge in [-0.1, -0.05) is 18.6 Å². The van der Waals surface area contributed by atoms with E-state index in [1.807, 2.05) is 12.1 Å². The van der Waals surface area contributed by atoms with Gasteiger partial charge in [0.25, 0.3) is 0 Å². The molecule has 2 saturated carbocycles. The van der Waals surface area contributed by atoms with Gasteiger partial charge in [0.2, 0.25) is 0 Å². The summed E-state index contributed by atoms with van der Waals surface area (Å²) < 4.78 is 5.79. The zero-order valence-corrected chi connectivity index (χ0v) is 11.2. The van der Waals surface area contributed by atoms with Crippen molar-refractivity contribution >= 4 is 5.78 Å². The van der Waals surface area contributed by atoms with E-state index in [4.69, 9.17) is 4.74 Å². The molecule has 2 heteroatoms. The van der Waals surface area contributed by atoms with E-state index < -0.39 is 0 Å². The number of Topliss-reactive ketones (excluding diaryl/α,β-unsaturated/α-hetero) is 1. The van der Waals surface area contributed by atoms with Crippen molar-refractivity contribution in [1.29, 1.82) is 0 Å². The van der Waals surface area contributed by atoms with Crippen molar-refractivity contribution in [1.82, 2.24) is 0 Å². The van der Waals surface area contributed by atoms with E-state index in [0.29, 0.717) is 11.7 Å². The molecule has 2 aliphatic carbocycles. The minimum atomic E-state index is 0.274. The molecule has 2 bridgehead atoms. The van der Waals surface area contributed by atoms with E-state index in [0.717, 1.165) is 43.1 Å². The fraction of sp³-hybridized carbons (Fsp3) is 0.588. The van der Waals surface area contributed by atoms with Crippen LogP contribution < -0.4 is 4.74 Å². The molecule has 19 heavy (non-hydrogen) atoms. The van der Waals surface area contributed by atoms with E-state index in [9.17, 15) is 4.79 Å². The van der Waals surface area contributed by atoms with Crippen LogP contribution in [0.25, 0.3) is 0 Å². The first-order valence-electron chi connectivity index (χ1n) is 7.62. The highest BCUT2D eigenvalue weighted by atomic mass is 16.5. The second-order valence-electron chi connectivity index (χ2n) is 6.39. The topological polar surface area (TPSA) is 26.3 Å². The Balaban J connectivity index is 1.67. The maximum absolute atomic E-state index is 12.8. The van der Waals surface area contributed by atoms with Crippen LogP contribution in [0.5, 0.6) is 5.75 Å². The zero-order chi connectivity index (χ0) is 12.8. The third-order valence-electron chi connectivity index (χ3n) is 5.27. The number of hydrogen-bond acceptors (Lipinski definition) is 2. The summed E-state index contributed by atoms with van der Waals surface area (Å²) >= 11 is 0. The summed E-state index contributed by atoms with van der Waals surface area (Å²) in [6.45, 7) is 0.758. The molecule has 2 nitrogen and oxygen atoms in total. The van der Waals surface area contributed by atoms with Crippen LogP contribution in [0, 0.1) is 17.8 Å². The number of aryl methyl sites for hydroxylation is 1. The lowest BCUT2D eigenvalue weighted by Gasteiger charge is -2.24. The van der Waals surface area contributed by atoms with Crippen molar-refractivity contribution in [3.8, 4) is 5.75 Å². The SMILES string of the molecule is O=C(c1cccc2c1OCCC2)C1CC2CCC1C2. The minimum absolute atomic E-state index is 0.274. The average molecular weight is 256 g/mol. The van der Waals surface area contributed by atoms with E-state index in [1.165, 1.54) is 24.8 Å². The van der Waals surface area contributed by atoms with Gasteiger partial charge in [0, 0.05) is 5.92 Å². The van der Waals surface area contributed by atoms with Gasteiger partial charge in [0.05, 0.1) is 12.2 Å². The number of carbonyl (C=O) groups is 1. The first-order valence-corrected chi connectivity index (χ1v) is 7.62. The zero-order valence-electron chi connectivity index (χ0n) is 11.2. The Morgan fingerprint density at radius 1 is 1.21 bits per heavy atom. The molecule has 3 aliphatic rings. The fourth-order valence-corrected chi connectivity index (χ4v) is 4.35. The highest BCUT2D eigenvalue weighted by Crippen LogP contribution is 2.50. The Morgan fingerprint density at radius 2 is 2.16 bits per heavy atom. The van der Waals surface area contributed by atoms with E-state index in [1.54, 1.807) is 0 Å². The summed E-state index contributed by atoms with van der Waals surface area (Å²) in [5, 5.41) is 0. The fourth-order valence-electron chi connectivity index (χ4n) is 4.35. The summed E-state index contributed by atoms with van der Waals surface area (Å²) in [4.78, 5) is 12.8. The number of carbonyl (C=O) groups excluding carboxylic acids is 1. The van der Waals surface area contributed by atoms with Crippen molar-refractivity contribution in [2.45, 2.75) is 38.5 Å². The van der Waals surface area contributed by atoms with Crippen molar-refractivity contribution in [2.75, 3.05) is 6.61 Å². The third-order valence-corrected chi connectivity index (χ3v) is 5.27. The predicted octanol–water partition coefficient (Wildman–Crippen LogP) is 3.63. The molecule has 0 N–H and O–H groups in total. The molecule has 1 heterocycles. The second-order valence-corrected chi connectivity index (χ2v) is 6.39. The van der Waals surface area contributed by atoms with Gasteiger partial charge in [0.15, 0.2) is 5.78 Å². The summed E-state index contributed by atoms with van der Waals surface area (Å²) in [5.41, 5.74) is 2.08. The number of rotatable bonds is 2. The van der Waals surface area contributed by atoms with Crippen LogP contribution in [-0.4, -0.2) is 12.4 Å². The van der Waals surface area contributed by atoms with Gasteiger partial charge in [0.1, 0.15) is 5.75 Å². The van der Waals surface area contributed by atoms with Crippen LogP contribution in [0.15, 0.2) is 18.2 Å². The maximum Gasteiger partial charge on any atom is 0.169 e. The van der Waals surface area contributed by atoms with Crippen molar-refractivity contribution in [3.63, 3.8) is 0 Å². The summed E-state index contributed by atoms with van der Waals surface area (Å²) in [7, 11) is 0. The van der Waals surface area contributed by atoms with E-state index >= 15 is 0 Å². The normalized spacial score (nSPS) is 31.9. The van der Waals surface area contributed by atoms with Gasteiger partial charge in [-0.3, -0.25) is 4.79 Å². The first-order chi connectivity index (χ1) is 9.33. The molecule has 3 unspecified atom stereocenters. The molecule has 0 aromatic heterocycles. The van der Waals surface area contributed by atoms with Crippen LogP contribution in [0.2, 0.25) is 0 Å². The minimum Gasteiger partial charge on any atom is -0.493 e. The Hall–Kier alpha value is -1.31. The summed E-state index contributed by atoms with van der Waals surface area (Å²) in [6.07, 6.45) is 7.13. The quantitative estimate of drug-likeness (QED) is 0.755. The first kappa shape index (κ1) is 11.5. The van der Waals surface area contributed by atoms with Crippen molar-refractivity contribution in [3.05, 3.63) is 29.3 Å². The van der Waals surface area contributed by atoms with Crippen LogP contribution in [0.1, 0.15) is 48.0 Å². The van der Waals surface area contributed by atoms with Gasteiger partial charge >= 0.3 is 0 Å². The number of hydrogen-bond donors (Lipinski definition) is 0.